The standard InChI is InChI=1S/C13H10BrFOS/c1-8-2-9(4-11(15)3-8)13(16)6-12-5-10(14)7-17-12/h2-5,7H,6H2,1H3. The normalized spacial score (nSPS) is 10.5. The van der Waals surface area contributed by atoms with Gasteiger partial charge in [-0.25, -0.2) is 4.39 Å². The topological polar surface area (TPSA) is 17.1 Å². The van der Waals surface area contributed by atoms with Crippen LogP contribution in [0.15, 0.2) is 34.1 Å². The van der Waals surface area contributed by atoms with Crippen LogP contribution in [0.2, 0.25) is 0 Å². The van der Waals surface area contributed by atoms with Crippen LogP contribution in [0.3, 0.4) is 0 Å². The summed E-state index contributed by atoms with van der Waals surface area (Å²) in [6, 6.07) is 6.33. The molecule has 1 aromatic carbocycles. The van der Waals surface area contributed by atoms with Gasteiger partial charge in [0.05, 0.1) is 0 Å². The highest BCUT2D eigenvalue weighted by atomic mass is 79.9. The minimum absolute atomic E-state index is 0.0537. The average Bonchev–Trinajstić information content (AvgIpc) is 2.62. The number of hydrogen-bond acceptors (Lipinski definition) is 2. The zero-order valence-corrected chi connectivity index (χ0v) is 11.6. The quantitative estimate of drug-likeness (QED) is 0.768. The number of hydrogen-bond donors (Lipinski definition) is 0. The molecule has 0 N–H and O–H groups in total. The molecule has 0 atom stereocenters. The average molecular weight is 313 g/mol. The van der Waals surface area contributed by atoms with Crippen molar-refractivity contribution in [3.05, 3.63) is 55.9 Å². The van der Waals surface area contributed by atoms with Crippen molar-refractivity contribution < 1.29 is 9.18 Å². The van der Waals surface area contributed by atoms with Crippen molar-refractivity contribution >= 4 is 33.0 Å². The number of rotatable bonds is 3. The molecule has 88 valence electrons. The third kappa shape index (κ3) is 3.23. The maximum Gasteiger partial charge on any atom is 0.168 e. The van der Waals surface area contributed by atoms with Gasteiger partial charge in [0, 0.05) is 26.7 Å². The van der Waals surface area contributed by atoms with Crippen molar-refractivity contribution in [2.24, 2.45) is 0 Å². The van der Waals surface area contributed by atoms with E-state index in [9.17, 15) is 9.18 Å². The molecule has 0 fully saturated rings. The van der Waals surface area contributed by atoms with E-state index in [-0.39, 0.29) is 11.6 Å². The summed E-state index contributed by atoms with van der Waals surface area (Å²) in [5, 5.41) is 1.93. The maximum atomic E-state index is 13.2. The Morgan fingerprint density at radius 1 is 1.35 bits per heavy atom. The SMILES string of the molecule is Cc1cc(F)cc(C(=O)Cc2cc(Br)cs2)c1. The summed E-state index contributed by atoms with van der Waals surface area (Å²) in [7, 11) is 0. The number of ketones is 1. The molecule has 0 saturated carbocycles. The van der Waals surface area contributed by atoms with Crippen molar-refractivity contribution in [2.75, 3.05) is 0 Å². The number of Topliss-reactive ketones (excluding diaryl/α,β-unsaturated/α-hetero) is 1. The minimum Gasteiger partial charge on any atom is -0.294 e. The fourth-order valence-corrected chi connectivity index (χ4v) is 3.05. The fraction of sp³-hybridized carbons (Fsp3) is 0.154. The summed E-state index contributed by atoms with van der Waals surface area (Å²) in [5.74, 6) is -0.414. The number of thiophene rings is 1. The lowest BCUT2D eigenvalue weighted by molar-refractivity contribution is 0.0993. The summed E-state index contributed by atoms with van der Waals surface area (Å²) >= 11 is 4.86. The van der Waals surface area contributed by atoms with Gasteiger partial charge in [0.25, 0.3) is 0 Å². The van der Waals surface area contributed by atoms with Crippen LogP contribution in [-0.2, 0) is 6.42 Å². The number of carbonyl (C=O) groups is 1. The molecule has 1 heterocycles. The van der Waals surface area contributed by atoms with Crippen molar-refractivity contribution in [3.8, 4) is 0 Å². The number of carbonyl (C=O) groups excluding carboxylic acids is 1. The molecule has 0 bridgehead atoms. The zero-order chi connectivity index (χ0) is 12.4. The van der Waals surface area contributed by atoms with Gasteiger partial charge in [-0.1, -0.05) is 0 Å². The van der Waals surface area contributed by atoms with E-state index < -0.39 is 0 Å². The third-order valence-electron chi connectivity index (χ3n) is 2.32. The second-order valence-corrected chi connectivity index (χ2v) is 5.76. The molecule has 2 aromatic rings. The van der Waals surface area contributed by atoms with E-state index in [4.69, 9.17) is 0 Å². The van der Waals surface area contributed by atoms with E-state index in [1.807, 2.05) is 11.4 Å². The molecular weight excluding hydrogens is 303 g/mol. The highest BCUT2D eigenvalue weighted by Crippen LogP contribution is 2.21. The van der Waals surface area contributed by atoms with Gasteiger partial charge in [-0.05, 0) is 52.7 Å². The van der Waals surface area contributed by atoms with Crippen LogP contribution in [-0.4, -0.2) is 5.78 Å². The van der Waals surface area contributed by atoms with Crippen LogP contribution >= 0.6 is 27.3 Å². The van der Waals surface area contributed by atoms with Gasteiger partial charge in [-0.3, -0.25) is 4.79 Å². The molecule has 0 aliphatic carbocycles. The van der Waals surface area contributed by atoms with Crippen molar-refractivity contribution in [2.45, 2.75) is 13.3 Å². The van der Waals surface area contributed by atoms with Crippen LogP contribution in [0.5, 0.6) is 0 Å². The second-order valence-electron chi connectivity index (χ2n) is 3.85. The molecule has 1 nitrogen and oxygen atoms in total. The van der Waals surface area contributed by atoms with Gasteiger partial charge < -0.3 is 0 Å². The molecule has 0 amide bonds. The number of benzene rings is 1. The van der Waals surface area contributed by atoms with E-state index in [1.54, 1.807) is 13.0 Å². The Labute approximate surface area is 111 Å². The molecule has 4 heteroatoms. The Morgan fingerprint density at radius 2 is 2.12 bits per heavy atom. The Hall–Kier alpha value is -1.000. The van der Waals surface area contributed by atoms with Crippen molar-refractivity contribution in [3.63, 3.8) is 0 Å². The van der Waals surface area contributed by atoms with Gasteiger partial charge in [-0.2, -0.15) is 0 Å². The molecular formula is C13H10BrFOS. The first-order chi connectivity index (χ1) is 8.04. The van der Waals surface area contributed by atoms with Crippen LogP contribution in [0.25, 0.3) is 0 Å². The molecule has 0 aliphatic heterocycles. The van der Waals surface area contributed by atoms with Gasteiger partial charge >= 0.3 is 0 Å². The molecule has 0 saturated heterocycles. The lowest BCUT2D eigenvalue weighted by Gasteiger charge is -2.01. The van der Waals surface area contributed by atoms with E-state index >= 15 is 0 Å². The van der Waals surface area contributed by atoms with E-state index in [0.29, 0.717) is 12.0 Å². The zero-order valence-electron chi connectivity index (χ0n) is 9.17. The van der Waals surface area contributed by atoms with Crippen molar-refractivity contribution in [1.82, 2.24) is 0 Å². The van der Waals surface area contributed by atoms with Crippen LogP contribution in [0.4, 0.5) is 4.39 Å². The summed E-state index contributed by atoms with van der Waals surface area (Å²) < 4.78 is 14.1. The first-order valence-electron chi connectivity index (χ1n) is 5.08. The van der Waals surface area contributed by atoms with Gasteiger partial charge in [-0.15, -0.1) is 11.3 Å². The van der Waals surface area contributed by atoms with Crippen molar-refractivity contribution in [1.29, 1.82) is 0 Å². The number of halogens is 2. The van der Waals surface area contributed by atoms with E-state index in [2.05, 4.69) is 15.9 Å². The predicted octanol–water partition coefficient (Wildman–Crippen LogP) is 4.38. The third-order valence-corrected chi connectivity index (χ3v) is 4.02. The Morgan fingerprint density at radius 3 is 2.71 bits per heavy atom. The monoisotopic (exact) mass is 312 g/mol. The highest BCUT2D eigenvalue weighted by Gasteiger charge is 2.10. The molecule has 2 rings (SSSR count). The largest absolute Gasteiger partial charge is 0.294 e. The lowest BCUT2D eigenvalue weighted by Crippen LogP contribution is -2.03. The molecule has 0 unspecified atom stereocenters. The summed E-state index contributed by atoms with van der Waals surface area (Å²) in [5.41, 5.74) is 1.20. The summed E-state index contributed by atoms with van der Waals surface area (Å²) in [6.07, 6.45) is 0.319. The summed E-state index contributed by atoms with van der Waals surface area (Å²) in [4.78, 5) is 12.9. The molecule has 17 heavy (non-hydrogen) atoms. The fourth-order valence-electron chi connectivity index (χ4n) is 1.60. The van der Waals surface area contributed by atoms with Gasteiger partial charge in [0.2, 0.25) is 0 Å². The van der Waals surface area contributed by atoms with E-state index in [1.165, 1.54) is 23.5 Å². The van der Waals surface area contributed by atoms with Crippen LogP contribution in [0, 0.1) is 12.7 Å². The minimum atomic E-state index is -0.360. The Balaban J connectivity index is 2.19. The molecule has 1 aromatic heterocycles. The molecule has 0 spiro atoms. The second kappa shape index (κ2) is 5.10. The smallest absolute Gasteiger partial charge is 0.168 e. The Kier molecular flexibility index (Phi) is 3.74. The molecule has 0 aliphatic rings. The first-order valence-corrected chi connectivity index (χ1v) is 6.75. The van der Waals surface area contributed by atoms with Crippen LogP contribution in [0.1, 0.15) is 20.8 Å². The maximum absolute atomic E-state index is 13.2. The molecule has 0 radical (unpaired) electrons. The predicted molar refractivity (Wildman–Crippen MR) is 71.2 cm³/mol. The Bertz CT molecular complexity index is 542. The van der Waals surface area contributed by atoms with Crippen LogP contribution < -0.4 is 0 Å². The summed E-state index contributed by atoms with van der Waals surface area (Å²) in [6.45, 7) is 1.78. The first kappa shape index (κ1) is 12.5. The number of aryl methyl sites for hydroxylation is 1. The lowest BCUT2D eigenvalue weighted by atomic mass is 10.0. The highest BCUT2D eigenvalue weighted by molar-refractivity contribution is 9.10. The van der Waals surface area contributed by atoms with Gasteiger partial charge in [0.15, 0.2) is 5.78 Å². The van der Waals surface area contributed by atoms with E-state index in [0.717, 1.165) is 14.9 Å². The van der Waals surface area contributed by atoms with Gasteiger partial charge in [0.1, 0.15) is 5.82 Å².